The monoisotopic (exact) mass is 613 g/mol. The van der Waals surface area contributed by atoms with Gasteiger partial charge in [-0.1, -0.05) is 121 Å². The Morgan fingerprint density at radius 3 is 1.85 bits per heavy atom. The first-order valence-electron chi connectivity index (χ1n) is 16.1. The molecule has 3 aromatic heterocycles. The largest absolute Gasteiger partial charge is 0.292 e. The Kier molecular flexibility index (Phi) is 5.81. The van der Waals surface area contributed by atoms with Crippen molar-refractivity contribution in [3.05, 3.63) is 164 Å². The summed E-state index contributed by atoms with van der Waals surface area (Å²) in [6, 6.07) is 57.1. The van der Waals surface area contributed by atoms with Crippen molar-refractivity contribution in [3.63, 3.8) is 0 Å². The Morgan fingerprint density at radius 2 is 1.06 bits per heavy atom. The average molecular weight is 614 g/mol. The first kappa shape index (κ1) is 26.6. The summed E-state index contributed by atoms with van der Waals surface area (Å²) < 4.78 is 4.48. The Balaban J connectivity index is 1.28. The molecule has 3 heterocycles. The lowest BCUT2D eigenvalue weighted by atomic mass is 10.0. The lowest BCUT2D eigenvalue weighted by Gasteiger charge is -2.12. The SMILES string of the molecule is c1ccc(-c2nc(-n3c4ccccc4c4cc5c(ccc6c5nc(-c5ccccc5)n6-c5ccccc5)cc43)nc3ccccc23)cc1. The van der Waals surface area contributed by atoms with Crippen molar-refractivity contribution in [1.29, 1.82) is 0 Å². The number of nitrogens with zero attached hydrogens (tertiary/aromatic N) is 5. The minimum absolute atomic E-state index is 0.652. The molecule has 5 nitrogen and oxygen atoms in total. The molecule has 48 heavy (non-hydrogen) atoms. The fraction of sp³-hybridized carbons (Fsp3) is 0. The molecule has 0 spiro atoms. The molecular formula is C43H27N5. The molecule has 10 rings (SSSR count). The summed E-state index contributed by atoms with van der Waals surface area (Å²) in [7, 11) is 0. The van der Waals surface area contributed by atoms with E-state index in [2.05, 4.69) is 149 Å². The lowest BCUT2D eigenvalue weighted by molar-refractivity contribution is 1.01. The number of imidazole rings is 1. The number of para-hydroxylation sites is 3. The molecule has 0 aliphatic carbocycles. The molecule has 7 aromatic carbocycles. The highest BCUT2D eigenvalue weighted by Gasteiger charge is 2.20. The fourth-order valence-electron chi connectivity index (χ4n) is 7.14. The van der Waals surface area contributed by atoms with Crippen molar-refractivity contribution < 1.29 is 0 Å². The van der Waals surface area contributed by atoms with Gasteiger partial charge in [0.1, 0.15) is 5.82 Å². The number of benzene rings is 7. The van der Waals surface area contributed by atoms with E-state index >= 15 is 0 Å². The van der Waals surface area contributed by atoms with Crippen LogP contribution in [0.4, 0.5) is 0 Å². The highest BCUT2D eigenvalue weighted by atomic mass is 15.2. The van der Waals surface area contributed by atoms with Crippen molar-refractivity contribution >= 4 is 54.5 Å². The first-order valence-corrected chi connectivity index (χ1v) is 16.1. The van der Waals surface area contributed by atoms with Crippen molar-refractivity contribution in [2.24, 2.45) is 0 Å². The zero-order valence-electron chi connectivity index (χ0n) is 25.8. The smallest absolute Gasteiger partial charge is 0.235 e. The minimum Gasteiger partial charge on any atom is -0.292 e. The molecule has 0 unspecified atom stereocenters. The second kappa shape index (κ2) is 10.5. The molecule has 10 aromatic rings. The number of aromatic nitrogens is 5. The van der Waals surface area contributed by atoms with Crippen molar-refractivity contribution in [3.8, 4) is 34.3 Å². The summed E-state index contributed by atoms with van der Waals surface area (Å²) in [4.78, 5) is 15.8. The van der Waals surface area contributed by atoms with E-state index in [1.807, 2.05) is 24.3 Å². The topological polar surface area (TPSA) is 48.5 Å². The van der Waals surface area contributed by atoms with Gasteiger partial charge in [0.05, 0.1) is 33.3 Å². The third-order valence-corrected chi connectivity index (χ3v) is 9.32. The van der Waals surface area contributed by atoms with E-state index in [1.165, 1.54) is 0 Å². The van der Waals surface area contributed by atoms with Gasteiger partial charge in [-0.2, -0.15) is 0 Å². The van der Waals surface area contributed by atoms with Crippen LogP contribution in [-0.2, 0) is 0 Å². The van der Waals surface area contributed by atoms with E-state index in [0.717, 1.165) is 82.8 Å². The van der Waals surface area contributed by atoms with Crippen LogP contribution in [0.2, 0.25) is 0 Å². The maximum absolute atomic E-state index is 5.35. The molecule has 0 fully saturated rings. The maximum atomic E-state index is 5.35. The zero-order chi connectivity index (χ0) is 31.6. The van der Waals surface area contributed by atoms with Gasteiger partial charge >= 0.3 is 0 Å². The van der Waals surface area contributed by atoms with Crippen LogP contribution >= 0.6 is 0 Å². The molecule has 0 N–H and O–H groups in total. The summed E-state index contributed by atoms with van der Waals surface area (Å²) in [5.74, 6) is 1.57. The predicted octanol–water partition coefficient (Wildman–Crippen LogP) is 10.6. The van der Waals surface area contributed by atoms with E-state index in [-0.39, 0.29) is 0 Å². The van der Waals surface area contributed by atoms with Gasteiger partial charge in [-0.3, -0.25) is 9.13 Å². The lowest BCUT2D eigenvalue weighted by Crippen LogP contribution is -2.03. The summed E-state index contributed by atoms with van der Waals surface area (Å²) in [5.41, 5.74) is 9.22. The van der Waals surface area contributed by atoms with Gasteiger partial charge in [0.15, 0.2) is 0 Å². The summed E-state index contributed by atoms with van der Waals surface area (Å²) in [5, 5.41) is 5.54. The van der Waals surface area contributed by atoms with E-state index in [1.54, 1.807) is 0 Å². The van der Waals surface area contributed by atoms with Crippen molar-refractivity contribution in [2.45, 2.75) is 0 Å². The van der Waals surface area contributed by atoms with Crippen molar-refractivity contribution in [2.75, 3.05) is 0 Å². The molecule has 0 radical (unpaired) electrons. The van der Waals surface area contributed by atoms with Crippen LogP contribution in [0, 0.1) is 0 Å². The predicted molar refractivity (Wildman–Crippen MR) is 197 cm³/mol. The highest BCUT2D eigenvalue weighted by Crippen LogP contribution is 2.39. The average Bonchev–Trinajstić information content (AvgIpc) is 3.71. The second-order valence-electron chi connectivity index (χ2n) is 12.1. The van der Waals surface area contributed by atoms with E-state index in [4.69, 9.17) is 15.0 Å². The molecule has 0 bridgehead atoms. The molecule has 0 aliphatic rings. The number of hydrogen-bond acceptors (Lipinski definition) is 3. The minimum atomic E-state index is 0.652. The molecule has 0 atom stereocenters. The molecular weight excluding hydrogens is 587 g/mol. The van der Waals surface area contributed by atoms with Gasteiger partial charge in [-0.15, -0.1) is 0 Å². The van der Waals surface area contributed by atoms with Gasteiger partial charge in [0, 0.05) is 38.4 Å². The molecule has 0 aliphatic heterocycles. The van der Waals surface area contributed by atoms with Gasteiger partial charge in [0.2, 0.25) is 5.95 Å². The highest BCUT2D eigenvalue weighted by molar-refractivity contribution is 6.17. The quantitative estimate of drug-likeness (QED) is 0.198. The van der Waals surface area contributed by atoms with Crippen molar-refractivity contribution in [1.82, 2.24) is 24.1 Å². The van der Waals surface area contributed by atoms with E-state index in [0.29, 0.717) is 5.95 Å². The summed E-state index contributed by atoms with van der Waals surface area (Å²) >= 11 is 0. The van der Waals surface area contributed by atoms with Crippen LogP contribution < -0.4 is 0 Å². The Hall–Kier alpha value is -6.59. The normalized spacial score (nSPS) is 11.8. The zero-order valence-corrected chi connectivity index (χ0v) is 25.8. The molecule has 224 valence electrons. The standard InChI is InChI=1S/C43H27N5/c1-4-14-28(15-5-1)40-33-21-10-12-22-36(33)44-43(46-40)48-37-23-13-11-20-32(37)35-27-34-30(26-39(35)48)24-25-38-41(34)45-42(29-16-6-2-7-17-29)47(38)31-18-8-3-9-19-31/h1-27H. The van der Waals surface area contributed by atoms with Gasteiger partial charge in [-0.05, 0) is 47.9 Å². The van der Waals surface area contributed by atoms with Crippen LogP contribution in [-0.4, -0.2) is 24.1 Å². The fourth-order valence-corrected chi connectivity index (χ4v) is 7.14. The first-order chi connectivity index (χ1) is 23.8. The van der Waals surface area contributed by atoms with Crippen LogP contribution in [0.3, 0.4) is 0 Å². The number of hydrogen-bond donors (Lipinski definition) is 0. The van der Waals surface area contributed by atoms with E-state index in [9.17, 15) is 0 Å². The third kappa shape index (κ3) is 4.01. The van der Waals surface area contributed by atoms with Crippen LogP contribution in [0.15, 0.2) is 164 Å². The second-order valence-corrected chi connectivity index (χ2v) is 12.1. The maximum Gasteiger partial charge on any atom is 0.235 e. The summed E-state index contributed by atoms with van der Waals surface area (Å²) in [6.45, 7) is 0. The Bertz CT molecular complexity index is 2820. The van der Waals surface area contributed by atoms with Gasteiger partial charge < -0.3 is 0 Å². The number of fused-ring (bicyclic) bond motifs is 7. The molecule has 0 amide bonds. The summed E-state index contributed by atoms with van der Waals surface area (Å²) in [6.07, 6.45) is 0. The van der Waals surface area contributed by atoms with Crippen LogP contribution in [0.1, 0.15) is 0 Å². The number of rotatable bonds is 4. The molecule has 0 saturated carbocycles. The van der Waals surface area contributed by atoms with Crippen LogP contribution in [0.5, 0.6) is 0 Å². The van der Waals surface area contributed by atoms with Gasteiger partial charge in [0.25, 0.3) is 0 Å². The van der Waals surface area contributed by atoms with Crippen LogP contribution in [0.25, 0.3) is 88.8 Å². The van der Waals surface area contributed by atoms with E-state index < -0.39 is 0 Å². The third-order valence-electron chi connectivity index (χ3n) is 9.32. The Labute approximate surface area is 276 Å². The molecule has 0 saturated heterocycles. The van der Waals surface area contributed by atoms with Gasteiger partial charge in [-0.25, -0.2) is 15.0 Å². The molecule has 5 heteroatoms. The Morgan fingerprint density at radius 1 is 0.396 bits per heavy atom.